The van der Waals surface area contributed by atoms with Crippen molar-refractivity contribution in [1.82, 2.24) is 5.32 Å². The Bertz CT molecular complexity index is 472. The minimum absolute atomic E-state index is 0.0146. The second-order valence-corrected chi connectivity index (χ2v) is 5.90. The molecule has 3 atom stereocenters. The zero-order chi connectivity index (χ0) is 13.2. The summed E-state index contributed by atoms with van der Waals surface area (Å²) < 4.78 is 5.58. The fourth-order valence-electron chi connectivity index (χ4n) is 3.53. The van der Waals surface area contributed by atoms with Crippen molar-refractivity contribution >= 4 is 5.91 Å². The van der Waals surface area contributed by atoms with Crippen LogP contribution in [-0.2, 0) is 4.79 Å². The van der Waals surface area contributed by atoms with Crippen LogP contribution in [0.15, 0.2) is 24.3 Å². The first-order valence-electron chi connectivity index (χ1n) is 7.20. The quantitative estimate of drug-likeness (QED) is 0.902. The summed E-state index contributed by atoms with van der Waals surface area (Å²) in [5.74, 6) is 2.38. The summed E-state index contributed by atoms with van der Waals surface area (Å²) in [6.07, 6.45) is 5.12. The third-order valence-corrected chi connectivity index (χ3v) is 4.54. The first-order chi connectivity index (χ1) is 9.22. The van der Waals surface area contributed by atoms with Gasteiger partial charge in [0.2, 0.25) is 0 Å². The zero-order valence-corrected chi connectivity index (χ0v) is 11.4. The Morgan fingerprint density at radius 3 is 2.84 bits per heavy atom. The molecule has 0 aromatic heterocycles. The number of hydrogen-bond donors (Lipinski definition) is 1. The van der Waals surface area contributed by atoms with Crippen molar-refractivity contribution in [3.63, 3.8) is 0 Å². The highest BCUT2D eigenvalue weighted by molar-refractivity contribution is 5.78. The van der Waals surface area contributed by atoms with Crippen LogP contribution in [0.1, 0.15) is 31.2 Å². The van der Waals surface area contributed by atoms with Gasteiger partial charge in [-0.3, -0.25) is 4.79 Å². The topological polar surface area (TPSA) is 38.3 Å². The minimum atomic E-state index is 0.0146. The Balaban J connectivity index is 1.48. The number of nitrogens with one attached hydrogen (secondary N) is 1. The Morgan fingerprint density at radius 2 is 2.16 bits per heavy atom. The zero-order valence-electron chi connectivity index (χ0n) is 11.4. The average molecular weight is 259 g/mol. The second-order valence-electron chi connectivity index (χ2n) is 5.90. The lowest BCUT2D eigenvalue weighted by atomic mass is 9.95. The van der Waals surface area contributed by atoms with Gasteiger partial charge in [0.1, 0.15) is 5.75 Å². The fraction of sp³-hybridized carbons (Fsp3) is 0.562. The lowest BCUT2D eigenvalue weighted by Gasteiger charge is -2.22. The standard InChI is InChI=1S/C16H21NO2/c1-11-4-2-3-5-15(11)19-10-16(18)17-14-9-12-6-7-13(14)8-12/h2-5,12-14H,6-10H2,1H3,(H,17,18)/t12-,13-,14+/m1/s1. The van der Waals surface area contributed by atoms with Crippen molar-refractivity contribution in [2.24, 2.45) is 11.8 Å². The molecule has 0 unspecified atom stereocenters. The third-order valence-electron chi connectivity index (χ3n) is 4.54. The number of carbonyl (C=O) groups excluding carboxylic acids is 1. The van der Waals surface area contributed by atoms with Crippen LogP contribution in [0.3, 0.4) is 0 Å². The van der Waals surface area contributed by atoms with E-state index >= 15 is 0 Å². The Kier molecular flexibility index (Phi) is 3.45. The lowest BCUT2D eigenvalue weighted by Crippen LogP contribution is -2.40. The van der Waals surface area contributed by atoms with E-state index in [0.29, 0.717) is 12.0 Å². The van der Waals surface area contributed by atoms with Crippen molar-refractivity contribution in [1.29, 1.82) is 0 Å². The molecule has 1 aromatic rings. The van der Waals surface area contributed by atoms with Crippen LogP contribution >= 0.6 is 0 Å². The van der Waals surface area contributed by atoms with Gasteiger partial charge < -0.3 is 10.1 Å². The maximum Gasteiger partial charge on any atom is 0.258 e. The van der Waals surface area contributed by atoms with Gasteiger partial charge in [-0.1, -0.05) is 24.6 Å². The molecule has 19 heavy (non-hydrogen) atoms. The van der Waals surface area contributed by atoms with Crippen LogP contribution in [0.2, 0.25) is 0 Å². The van der Waals surface area contributed by atoms with Gasteiger partial charge in [-0.05, 0) is 49.7 Å². The molecule has 0 saturated heterocycles. The van der Waals surface area contributed by atoms with E-state index in [1.807, 2.05) is 31.2 Å². The number of fused-ring (bicyclic) bond motifs is 2. The molecule has 0 radical (unpaired) electrons. The number of carbonyl (C=O) groups is 1. The molecule has 0 heterocycles. The van der Waals surface area contributed by atoms with Crippen LogP contribution in [0.4, 0.5) is 0 Å². The highest BCUT2D eigenvalue weighted by atomic mass is 16.5. The normalized spacial score (nSPS) is 28.4. The van der Waals surface area contributed by atoms with Crippen LogP contribution in [0, 0.1) is 18.8 Å². The van der Waals surface area contributed by atoms with Crippen molar-refractivity contribution in [3.8, 4) is 5.75 Å². The molecule has 0 aliphatic heterocycles. The molecule has 0 spiro atoms. The fourth-order valence-corrected chi connectivity index (χ4v) is 3.53. The van der Waals surface area contributed by atoms with Gasteiger partial charge in [0.25, 0.3) is 5.91 Å². The predicted octanol–water partition coefficient (Wildman–Crippen LogP) is 2.68. The van der Waals surface area contributed by atoms with E-state index in [2.05, 4.69) is 5.32 Å². The summed E-state index contributed by atoms with van der Waals surface area (Å²) in [6, 6.07) is 8.18. The summed E-state index contributed by atoms with van der Waals surface area (Å²) >= 11 is 0. The summed E-state index contributed by atoms with van der Waals surface area (Å²) in [7, 11) is 0. The van der Waals surface area contributed by atoms with E-state index in [9.17, 15) is 4.79 Å². The number of benzene rings is 1. The molecule has 2 bridgehead atoms. The molecule has 2 aliphatic carbocycles. The number of ether oxygens (including phenoxy) is 1. The van der Waals surface area contributed by atoms with E-state index in [0.717, 1.165) is 17.2 Å². The summed E-state index contributed by atoms with van der Waals surface area (Å²) in [6.45, 7) is 2.11. The van der Waals surface area contributed by atoms with E-state index in [4.69, 9.17) is 4.74 Å². The average Bonchev–Trinajstić information content (AvgIpc) is 3.00. The molecule has 2 aliphatic rings. The number of para-hydroxylation sites is 1. The lowest BCUT2D eigenvalue weighted by molar-refractivity contribution is -0.124. The monoisotopic (exact) mass is 259 g/mol. The second kappa shape index (κ2) is 5.24. The molecular weight excluding hydrogens is 238 g/mol. The largest absolute Gasteiger partial charge is 0.484 e. The molecule has 2 fully saturated rings. The third kappa shape index (κ3) is 2.75. The molecule has 1 aromatic carbocycles. The first-order valence-corrected chi connectivity index (χ1v) is 7.20. The number of aryl methyl sites for hydroxylation is 1. The summed E-state index contributed by atoms with van der Waals surface area (Å²) in [4.78, 5) is 11.9. The molecule has 102 valence electrons. The molecule has 1 amide bonds. The van der Waals surface area contributed by atoms with E-state index in [-0.39, 0.29) is 12.5 Å². The van der Waals surface area contributed by atoms with Crippen LogP contribution in [-0.4, -0.2) is 18.6 Å². The minimum Gasteiger partial charge on any atom is -0.484 e. The van der Waals surface area contributed by atoms with E-state index < -0.39 is 0 Å². The Labute approximate surface area is 114 Å². The number of hydrogen-bond acceptors (Lipinski definition) is 2. The molecule has 3 heteroatoms. The van der Waals surface area contributed by atoms with Gasteiger partial charge >= 0.3 is 0 Å². The molecule has 3 nitrogen and oxygen atoms in total. The maximum atomic E-state index is 11.9. The van der Waals surface area contributed by atoms with Crippen molar-refractivity contribution in [3.05, 3.63) is 29.8 Å². The smallest absolute Gasteiger partial charge is 0.258 e. The highest BCUT2D eigenvalue weighted by Crippen LogP contribution is 2.44. The predicted molar refractivity (Wildman–Crippen MR) is 74.1 cm³/mol. The van der Waals surface area contributed by atoms with E-state index in [1.54, 1.807) is 0 Å². The molecule has 1 N–H and O–H groups in total. The van der Waals surface area contributed by atoms with Crippen LogP contribution in [0.5, 0.6) is 5.75 Å². The van der Waals surface area contributed by atoms with Crippen molar-refractivity contribution in [2.75, 3.05) is 6.61 Å². The summed E-state index contributed by atoms with van der Waals surface area (Å²) in [5.41, 5.74) is 1.07. The first kappa shape index (κ1) is 12.5. The maximum absolute atomic E-state index is 11.9. The van der Waals surface area contributed by atoms with Gasteiger partial charge in [0.05, 0.1) is 0 Å². The van der Waals surface area contributed by atoms with Gasteiger partial charge in [-0.2, -0.15) is 0 Å². The van der Waals surface area contributed by atoms with Gasteiger partial charge in [-0.25, -0.2) is 0 Å². The van der Waals surface area contributed by atoms with Crippen LogP contribution < -0.4 is 10.1 Å². The van der Waals surface area contributed by atoms with Crippen molar-refractivity contribution in [2.45, 2.75) is 38.6 Å². The van der Waals surface area contributed by atoms with Crippen molar-refractivity contribution < 1.29 is 9.53 Å². The van der Waals surface area contributed by atoms with Crippen LogP contribution in [0.25, 0.3) is 0 Å². The highest BCUT2D eigenvalue weighted by Gasteiger charge is 2.40. The molecule has 3 rings (SSSR count). The Hall–Kier alpha value is -1.51. The van der Waals surface area contributed by atoms with E-state index in [1.165, 1.54) is 25.7 Å². The molecular formula is C16H21NO2. The van der Waals surface area contributed by atoms with Gasteiger partial charge in [0.15, 0.2) is 6.61 Å². The number of rotatable bonds is 4. The Morgan fingerprint density at radius 1 is 1.32 bits per heavy atom. The SMILES string of the molecule is Cc1ccccc1OCC(=O)N[C@H]1C[C@@H]2CC[C@@H]1C2. The van der Waals surface area contributed by atoms with Gasteiger partial charge in [0, 0.05) is 6.04 Å². The number of amides is 1. The van der Waals surface area contributed by atoms with Gasteiger partial charge in [-0.15, -0.1) is 0 Å². The molecule has 2 saturated carbocycles. The summed E-state index contributed by atoms with van der Waals surface area (Å²) in [5, 5.41) is 3.14.